The first-order valence-corrected chi connectivity index (χ1v) is 4.38. The van der Waals surface area contributed by atoms with Gasteiger partial charge < -0.3 is 9.94 Å². The molecule has 0 spiro atoms. The van der Waals surface area contributed by atoms with Crippen LogP contribution in [-0.4, -0.2) is 13.1 Å². The molecule has 1 aromatic rings. The third kappa shape index (κ3) is 2.26. The molecule has 0 bridgehead atoms. The highest BCUT2D eigenvalue weighted by Gasteiger charge is 2.12. The van der Waals surface area contributed by atoms with Gasteiger partial charge in [0.05, 0.1) is 12.7 Å². The predicted molar refractivity (Wildman–Crippen MR) is 57.0 cm³/mol. The molecular formula is C11H11NO3. The molecule has 0 amide bonds. The number of aryl methyl sites for hydroxylation is 2. The van der Waals surface area contributed by atoms with Crippen molar-refractivity contribution in [1.82, 2.24) is 0 Å². The molecule has 1 aromatic carbocycles. The summed E-state index contributed by atoms with van der Waals surface area (Å²) >= 11 is 0. The monoisotopic (exact) mass is 205 g/mol. The number of nitrogens with zero attached hydrogens (tertiary/aromatic N) is 1. The number of methoxy groups -OCH3 is 1. The van der Waals surface area contributed by atoms with Crippen LogP contribution in [0.2, 0.25) is 0 Å². The quantitative estimate of drug-likeness (QED) is 0.522. The summed E-state index contributed by atoms with van der Waals surface area (Å²) in [6, 6.07) is 5.64. The number of ether oxygens (including phenoxy) is 1. The summed E-state index contributed by atoms with van der Waals surface area (Å²) in [4.78, 5) is 11.3. The van der Waals surface area contributed by atoms with Crippen LogP contribution in [0, 0.1) is 25.1 Å². The van der Waals surface area contributed by atoms with Crippen molar-refractivity contribution in [3.05, 3.63) is 44.6 Å². The summed E-state index contributed by atoms with van der Waals surface area (Å²) in [5.74, 6) is -0.396. The zero-order valence-corrected chi connectivity index (χ0v) is 8.83. The smallest absolute Gasteiger partial charge is 0.337 e. The van der Waals surface area contributed by atoms with E-state index in [0.29, 0.717) is 11.1 Å². The van der Waals surface area contributed by atoms with Crippen LogP contribution in [0.3, 0.4) is 0 Å². The molecule has 0 heterocycles. The van der Waals surface area contributed by atoms with Gasteiger partial charge in [-0.2, -0.15) is 0 Å². The van der Waals surface area contributed by atoms with Crippen molar-refractivity contribution >= 4 is 5.97 Å². The van der Waals surface area contributed by atoms with Crippen molar-refractivity contribution in [2.45, 2.75) is 13.8 Å². The Kier molecular flexibility index (Phi) is 3.29. The van der Waals surface area contributed by atoms with Gasteiger partial charge in [-0.1, -0.05) is 0 Å². The lowest BCUT2D eigenvalue weighted by atomic mass is 10.0. The molecule has 0 aliphatic rings. The second kappa shape index (κ2) is 4.47. The van der Waals surface area contributed by atoms with Gasteiger partial charge in [-0.25, -0.2) is 4.79 Å². The molecule has 0 aliphatic carbocycles. The van der Waals surface area contributed by atoms with Crippen LogP contribution in [0.1, 0.15) is 27.0 Å². The molecule has 0 atom stereocenters. The number of benzene rings is 1. The molecule has 0 aromatic heterocycles. The fraction of sp³-hybridized carbons (Fsp3) is 0.273. The normalized spacial score (nSPS) is 9.00. The highest BCUT2D eigenvalue weighted by Crippen LogP contribution is 2.16. The third-order valence-corrected chi connectivity index (χ3v) is 2.11. The first kappa shape index (κ1) is 11.1. The van der Waals surface area contributed by atoms with Crippen molar-refractivity contribution in [2.24, 2.45) is 0 Å². The van der Waals surface area contributed by atoms with E-state index >= 15 is 0 Å². The van der Waals surface area contributed by atoms with Crippen LogP contribution < -0.4 is 0 Å². The van der Waals surface area contributed by atoms with Crippen LogP contribution in [0.25, 0.3) is 5.01 Å². The van der Waals surface area contributed by atoms with Crippen molar-refractivity contribution in [2.75, 3.05) is 7.11 Å². The summed E-state index contributed by atoms with van der Waals surface area (Å²) in [6.45, 7) is 3.57. The largest absolute Gasteiger partial charge is 0.498 e. The van der Waals surface area contributed by atoms with E-state index in [1.807, 2.05) is 0 Å². The Morgan fingerprint density at radius 3 is 2.33 bits per heavy atom. The summed E-state index contributed by atoms with van der Waals surface area (Å²) in [5.41, 5.74) is 2.63. The maximum absolute atomic E-state index is 11.3. The van der Waals surface area contributed by atoms with Crippen LogP contribution in [0.4, 0.5) is 0 Å². The van der Waals surface area contributed by atoms with Crippen LogP contribution in [0.5, 0.6) is 0 Å². The molecule has 4 heteroatoms. The minimum absolute atomic E-state index is 0.396. The van der Waals surface area contributed by atoms with Crippen LogP contribution in [-0.2, 0) is 4.74 Å². The van der Waals surface area contributed by atoms with Gasteiger partial charge in [0.1, 0.15) is 5.56 Å². The number of esters is 1. The zero-order valence-electron chi connectivity index (χ0n) is 8.83. The predicted octanol–water partition coefficient (Wildman–Crippen LogP) is 2.27. The fourth-order valence-electron chi connectivity index (χ4n) is 1.42. The minimum atomic E-state index is -0.396. The molecule has 0 saturated heterocycles. The van der Waals surface area contributed by atoms with E-state index in [9.17, 15) is 10.0 Å². The average molecular weight is 205 g/mol. The third-order valence-electron chi connectivity index (χ3n) is 2.11. The van der Waals surface area contributed by atoms with E-state index in [2.05, 4.69) is 15.8 Å². The van der Waals surface area contributed by atoms with E-state index in [4.69, 9.17) is 0 Å². The van der Waals surface area contributed by atoms with Gasteiger partial charge in [-0.3, -0.25) is 0 Å². The molecule has 0 aliphatic heterocycles. The van der Waals surface area contributed by atoms with Gasteiger partial charge >= 0.3 is 12.0 Å². The van der Waals surface area contributed by atoms with E-state index in [1.165, 1.54) is 7.11 Å². The molecule has 0 radical (unpaired) electrons. The van der Waals surface area contributed by atoms with E-state index in [1.54, 1.807) is 26.0 Å². The molecule has 0 saturated carbocycles. The summed E-state index contributed by atoms with van der Waals surface area (Å²) in [5, 5.41) is 12.7. The van der Waals surface area contributed by atoms with E-state index in [-0.39, 0.29) is 0 Å². The fourth-order valence-corrected chi connectivity index (χ4v) is 1.42. The van der Waals surface area contributed by atoms with Crippen molar-refractivity contribution < 1.29 is 9.53 Å². The summed E-state index contributed by atoms with van der Waals surface area (Å²) in [7, 11) is 1.33. The van der Waals surface area contributed by atoms with Gasteiger partial charge in [0.15, 0.2) is 0 Å². The molecule has 0 fully saturated rings. The highest BCUT2D eigenvalue weighted by atomic mass is 16.5. The van der Waals surface area contributed by atoms with Crippen molar-refractivity contribution in [3.63, 3.8) is 0 Å². The maximum Gasteiger partial charge on any atom is 0.337 e. The molecular weight excluding hydrogens is 194 g/mol. The second-order valence-corrected chi connectivity index (χ2v) is 3.18. The van der Waals surface area contributed by atoms with Crippen molar-refractivity contribution in [3.8, 4) is 6.07 Å². The summed E-state index contributed by atoms with van der Waals surface area (Å²) < 4.78 is 4.60. The molecule has 4 nitrogen and oxygen atoms in total. The molecule has 0 N–H and O–H groups in total. The zero-order chi connectivity index (χ0) is 11.4. The molecule has 15 heavy (non-hydrogen) atoms. The Labute approximate surface area is 87.9 Å². The Hall–Kier alpha value is -2.02. The second-order valence-electron chi connectivity index (χ2n) is 3.18. The number of carbonyl (C=O) groups excluding carboxylic acids is 1. The Morgan fingerprint density at radius 1 is 1.40 bits per heavy atom. The lowest BCUT2D eigenvalue weighted by Gasteiger charge is -2.04. The molecule has 0 unspecified atom stereocenters. The van der Waals surface area contributed by atoms with Gasteiger partial charge in [-0.05, 0) is 37.1 Å². The van der Waals surface area contributed by atoms with Crippen LogP contribution >= 0.6 is 0 Å². The standard InChI is InChI=1S/C11H11NO3/c1-7-4-9(11(13)15-3)5-8(2)10(7)6-12-14/h4-5H,1-3H3. The van der Waals surface area contributed by atoms with Crippen LogP contribution in [0.15, 0.2) is 12.1 Å². The SMILES string of the molecule is COC(=O)c1cc(C)c(C#[N+][O-])c(C)c1. The number of hydrogen-bond acceptors (Lipinski definition) is 3. The van der Waals surface area contributed by atoms with Gasteiger partial charge in [-0.15, -0.1) is 0 Å². The van der Waals surface area contributed by atoms with Gasteiger partial charge in [0, 0.05) is 5.01 Å². The van der Waals surface area contributed by atoms with E-state index < -0.39 is 5.97 Å². The molecule has 78 valence electrons. The Bertz CT molecular complexity index is 432. The summed E-state index contributed by atoms with van der Waals surface area (Å²) in [6.07, 6.45) is 0. The molecule has 1 rings (SSSR count). The Balaban J connectivity index is 3.29. The van der Waals surface area contributed by atoms with Gasteiger partial charge in [0.2, 0.25) is 0 Å². The number of carbonyl (C=O) groups is 1. The topological polar surface area (TPSA) is 53.7 Å². The highest BCUT2D eigenvalue weighted by molar-refractivity contribution is 5.90. The van der Waals surface area contributed by atoms with Gasteiger partial charge in [0.25, 0.3) is 0 Å². The van der Waals surface area contributed by atoms with Crippen molar-refractivity contribution in [1.29, 1.82) is 0 Å². The average Bonchev–Trinajstić information content (AvgIpc) is 2.22. The number of rotatable bonds is 1. The lowest BCUT2D eigenvalue weighted by molar-refractivity contribution is 0.0600. The minimum Gasteiger partial charge on any atom is -0.498 e. The first-order valence-electron chi connectivity index (χ1n) is 4.38. The maximum atomic E-state index is 11.3. The number of hydrogen-bond donors (Lipinski definition) is 0. The Morgan fingerprint density at radius 2 is 1.93 bits per heavy atom. The lowest BCUT2D eigenvalue weighted by Crippen LogP contribution is -2.03. The van der Waals surface area contributed by atoms with E-state index in [0.717, 1.165) is 11.1 Å². The first-order chi connectivity index (χ1) is 7.10.